The van der Waals surface area contributed by atoms with Gasteiger partial charge in [-0.2, -0.15) is 0 Å². The number of rotatable bonds is 4. The number of aryl methyl sites for hydroxylation is 1. The van der Waals surface area contributed by atoms with Gasteiger partial charge in [0.1, 0.15) is 17.2 Å². The monoisotopic (exact) mass is 432 g/mol. The van der Waals surface area contributed by atoms with Crippen LogP contribution in [0.2, 0.25) is 0 Å². The van der Waals surface area contributed by atoms with Crippen LogP contribution < -0.4 is 14.8 Å². The minimum absolute atomic E-state index is 0.0123. The van der Waals surface area contributed by atoms with Crippen molar-refractivity contribution in [2.24, 2.45) is 0 Å². The molecule has 0 saturated carbocycles. The molecule has 0 fully saturated rings. The number of nitrogens with one attached hydrogen (secondary N) is 1. The maximum absolute atomic E-state index is 13.6. The quantitative estimate of drug-likeness (QED) is 0.619. The Hall–Kier alpha value is -3.74. The summed E-state index contributed by atoms with van der Waals surface area (Å²) in [5, 5.41) is 17.1. The van der Waals surface area contributed by atoms with Gasteiger partial charge >= 0.3 is 0 Å². The number of allylic oxidation sites excluding steroid dienone is 2. The standard InChI is InChI=1S/C25H24N2O5/c1-13-22-23(18-9-8-17(30-2)12-21(18)31-3)24-19(26-25(22)32-27-13)10-15(11-20(24)29)14-4-6-16(28)7-5-14/h4-9,12,15,23,26,28H,10-11H2,1-3H3/t15-,23-/m0/s1. The van der Waals surface area contributed by atoms with Crippen LogP contribution in [-0.4, -0.2) is 30.3 Å². The molecule has 7 nitrogen and oxygen atoms in total. The van der Waals surface area contributed by atoms with Crippen LogP contribution in [0.3, 0.4) is 0 Å². The molecule has 1 aromatic heterocycles. The van der Waals surface area contributed by atoms with Crippen LogP contribution in [0.25, 0.3) is 0 Å². The number of nitrogens with zero attached hydrogens (tertiary/aromatic N) is 1. The van der Waals surface area contributed by atoms with Gasteiger partial charge in [0.2, 0.25) is 5.88 Å². The molecule has 3 aromatic rings. The van der Waals surface area contributed by atoms with Gasteiger partial charge in [-0.05, 0) is 43.0 Å². The Labute approximate surface area is 185 Å². The maximum Gasteiger partial charge on any atom is 0.233 e. The first-order valence-corrected chi connectivity index (χ1v) is 10.5. The third-order valence-corrected chi connectivity index (χ3v) is 6.37. The Morgan fingerprint density at radius 1 is 1.09 bits per heavy atom. The van der Waals surface area contributed by atoms with E-state index in [0.717, 1.165) is 33.7 Å². The number of ether oxygens (including phenoxy) is 2. The van der Waals surface area contributed by atoms with Crippen molar-refractivity contribution in [1.29, 1.82) is 0 Å². The van der Waals surface area contributed by atoms with Gasteiger partial charge in [-0.1, -0.05) is 23.4 Å². The molecule has 2 aromatic carbocycles. The first kappa shape index (κ1) is 20.2. The van der Waals surface area contributed by atoms with Gasteiger partial charge in [0.25, 0.3) is 0 Å². The number of phenolic OH excluding ortho intramolecular Hbond substituents is 1. The number of aromatic hydroxyl groups is 1. The minimum atomic E-state index is -0.346. The van der Waals surface area contributed by atoms with E-state index in [4.69, 9.17) is 14.0 Å². The highest BCUT2D eigenvalue weighted by molar-refractivity contribution is 6.01. The van der Waals surface area contributed by atoms with Gasteiger partial charge in [-0.15, -0.1) is 0 Å². The predicted molar refractivity (Wildman–Crippen MR) is 118 cm³/mol. The first-order valence-electron chi connectivity index (χ1n) is 10.5. The molecule has 2 N–H and O–H groups in total. The molecule has 7 heteroatoms. The molecule has 0 spiro atoms. The Bertz CT molecular complexity index is 1230. The van der Waals surface area contributed by atoms with Crippen molar-refractivity contribution in [1.82, 2.24) is 5.16 Å². The van der Waals surface area contributed by atoms with Crippen LogP contribution in [0.4, 0.5) is 5.88 Å². The van der Waals surface area contributed by atoms with Crippen molar-refractivity contribution >= 4 is 11.7 Å². The lowest BCUT2D eigenvalue weighted by molar-refractivity contribution is -0.116. The van der Waals surface area contributed by atoms with Crippen molar-refractivity contribution in [3.63, 3.8) is 0 Å². The van der Waals surface area contributed by atoms with E-state index in [1.165, 1.54) is 0 Å². The normalized spacial score (nSPS) is 19.8. The largest absolute Gasteiger partial charge is 0.508 e. The number of ketones is 1. The van der Waals surface area contributed by atoms with E-state index in [9.17, 15) is 9.90 Å². The van der Waals surface area contributed by atoms with Crippen LogP contribution in [0.5, 0.6) is 17.2 Å². The van der Waals surface area contributed by atoms with Crippen molar-refractivity contribution in [2.75, 3.05) is 19.5 Å². The molecule has 0 amide bonds. The number of anilines is 1. The second-order valence-electron chi connectivity index (χ2n) is 8.19. The second-order valence-corrected chi connectivity index (χ2v) is 8.19. The second kappa shape index (κ2) is 7.75. The Morgan fingerprint density at radius 3 is 2.59 bits per heavy atom. The average Bonchev–Trinajstić information content (AvgIpc) is 3.18. The smallest absolute Gasteiger partial charge is 0.233 e. The molecule has 0 unspecified atom stereocenters. The van der Waals surface area contributed by atoms with Gasteiger partial charge in [0, 0.05) is 29.3 Å². The van der Waals surface area contributed by atoms with Crippen LogP contribution in [0, 0.1) is 6.92 Å². The molecule has 0 bridgehead atoms. The lowest BCUT2D eigenvalue weighted by Crippen LogP contribution is -2.29. The van der Waals surface area contributed by atoms with E-state index in [2.05, 4.69) is 10.5 Å². The molecule has 32 heavy (non-hydrogen) atoms. The summed E-state index contributed by atoms with van der Waals surface area (Å²) in [4.78, 5) is 13.6. The van der Waals surface area contributed by atoms with Gasteiger partial charge in [-0.25, -0.2) is 0 Å². The zero-order valence-corrected chi connectivity index (χ0v) is 18.1. The van der Waals surface area contributed by atoms with Crippen LogP contribution in [0.15, 0.2) is 58.3 Å². The van der Waals surface area contributed by atoms with Crippen LogP contribution >= 0.6 is 0 Å². The van der Waals surface area contributed by atoms with Crippen molar-refractivity contribution < 1.29 is 23.9 Å². The number of aromatic nitrogens is 1. The Kier molecular flexibility index (Phi) is 4.89. The molecular formula is C25H24N2O5. The van der Waals surface area contributed by atoms with Gasteiger partial charge in [0.05, 0.1) is 31.4 Å². The molecule has 2 heterocycles. The number of hydrogen-bond acceptors (Lipinski definition) is 7. The minimum Gasteiger partial charge on any atom is -0.508 e. The number of hydrogen-bond donors (Lipinski definition) is 2. The van der Waals surface area contributed by atoms with Gasteiger partial charge in [-0.3, -0.25) is 4.79 Å². The summed E-state index contributed by atoms with van der Waals surface area (Å²) in [5.74, 6) is 1.83. The molecule has 2 atom stereocenters. The number of Topliss-reactive ketones (excluding diaryl/α,β-unsaturated/α-hetero) is 1. The molecule has 0 saturated heterocycles. The van der Waals surface area contributed by atoms with E-state index in [1.54, 1.807) is 26.4 Å². The fourth-order valence-electron chi connectivity index (χ4n) is 4.82. The van der Waals surface area contributed by atoms with E-state index in [-0.39, 0.29) is 23.4 Å². The highest BCUT2D eigenvalue weighted by atomic mass is 16.5. The molecule has 0 radical (unpaired) electrons. The third kappa shape index (κ3) is 3.21. The molecule has 1 aliphatic carbocycles. The number of carbonyl (C=O) groups is 1. The zero-order valence-electron chi connectivity index (χ0n) is 18.1. The fourth-order valence-corrected chi connectivity index (χ4v) is 4.82. The van der Waals surface area contributed by atoms with Crippen LogP contribution in [0.1, 0.15) is 47.1 Å². The Morgan fingerprint density at radius 2 is 1.88 bits per heavy atom. The number of benzene rings is 2. The van der Waals surface area contributed by atoms with E-state index in [0.29, 0.717) is 30.2 Å². The summed E-state index contributed by atoms with van der Waals surface area (Å²) in [6, 6.07) is 12.7. The zero-order chi connectivity index (χ0) is 22.4. The van der Waals surface area contributed by atoms with Gasteiger partial charge in [0.15, 0.2) is 5.78 Å². The fraction of sp³-hybridized carbons (Fsp3) is 0.280. The predicted octanol–water partition coefficient (Wildman–Crippen LogP) is 4.66. The number of fused-ring (bicyclic) bond motifs is 1. The van der Waals surface area contributed by atoms with E-state index in [1.807, 2.05) is 37.3 Å². The number of methoxy groups -OCH3 is 2. The molecule has 164 valence electrons. The summed E-state index contributed by atoms with van der Waals surface area (Å²) < 4.78 is 16.6. The highest BCUT2D eigenvalue weighted by Gasteiger charge is 2.42. The summed E-state index contributed by atoms with van der Waals surface area (Å²) in [6.07, 6.45) is 1.04. The maximum atomic E-state index is 13.6. The summed E-state index contributed by atoms with van der Waals surface area (Å²) in [7, 11) is 3.22. The number of carbonyl (C=O) groups excluding carboxylic acids is 1. The SMILES string of the molecule is COc1ccc([C@@H]2C3=C(C[C@H](c4ccc(O)cc4)CC3=O)Nc3onc(C)c32)c(OC)c1. The molecular weight excluding hydrogens is 408 g/mol. The summed E-state index contributed by atoms with van der Waals surface area (Å²) in [6.45, 7) is 1.88. The third-order valence-electron chi connectivity index (χ3n) is 6.37. The van der Waals surface area contributed by atoms with E-state index >= 15 is 0 Å². The summed E-state index contributed by atoms with van der Waals surface area (Å²) in [5.41, 5.74) is 5.03. The average molecular weight is 432 g/mol. The highest BCUT2D eigenvalue weighted by Crippen LogP contribution is 2.51. The molecule has 2 aliphatic rings. The first-order chi connectivity index (χ1) is 15.5. The topological polar surface area (TPSA) is 93.8 Å². The molecule has 1 aliphatic heterocycles. The summed E-state index contributed by atoms with van der Waals surface area (Å²) >= 11 is 0. The van der Waals surface area contributed by atoms with Crippen molar-refractivity contribution in [2.45, 2.75) is 31.6 Å². The number of phenols is 1. The molecule has 5 rings (SSSR count). The van der Waals surface area contributed by atoms with Crippen molar-refractivity contribution in [3.05, 3.63) is 76.1 Å². The van der Waals surface area contributed by atoms with Crippen molar-refractivity contribution in [3.8, 4) is 17.2 Å². The van der Waals surface area contributed by atoms with E-state index < -0.39 is 0 Å². The lowest BCUT2D eigenvalue weighted by Gasteiger charge is -2.35. The van der Waals surface area contributed by atoms with Gasteiger partial charge < -0.3 is 24.4 Å². The van der Waals surface area contributed by atoms with Crippen LogP contribution in [-0.2, 0) is 4.79 Å². The Balaban J connectivity index is 1.64. The lowest BCUT2D eigenvalue weighted by atomic mass is 9.72.